The van der Waals surface area contributed by atoms with Crippen LogP contribution in [-0.2, 0) is 14.3 Å². The third-order valence-corrected chi connectivity index (χ3v) is 11.7. The zero-order valence-electron chi connectivity index (χ0n) is 35.1. The first-order valence-corrected chi connectivity index (χ1v) is 20.5. The molecule has 4 aromatic carbocycles. The average Bonchev–Trinajstić information content (AvgIpc) is 3.97. The van der Waals surface area contributed by atoms with Gasteiger partial charge in [-0.3, -0.25) is 19.5 Å². The number of likely N-dealkylation sites (N-methyl/N-ethyl adjacent to an activating group) is 1. The summed E-state index contributed by atoms with van der Waals surface area (Å²) in [5, 5.41) is 8.50. The Morgan fingerprint density at radius 2 is 1.51 bits per heavy atom. The number of aliphatic imine (C=N–C) groups is 1. The number of nitrogens with zero attached hydrogens (tertiary/aromatic N) is 5. The molecular weight excluding hydrogens is 741 g/mol. The molecule has 0 bridgehead atoms. The lowest BCUT2D eigenvalue weighted by molar-refractivity contribution is -0.137. The lowest BCUT2D eigenvalue weighted by Crippen LogP contribution is -2.53. The molecule has 2 aliphatic heterocycles. The van der Waals surface area contributed by atoms with Gasteiger partial charge in [0.2, 0.25) is 11.8 Å². The molecule has 308 valence electrons. The number of fused-ring (bicyclic) bond motifs is 1. The highest BCUT2D eigenvalue weighted by Crippen LogP contribution is 2.39. The average molecular weight is 797 g/mol. The molecule has 7 rings (SSSR count). The molecule has 2 fully saturated rings. The number of imidazole rings is 1. The third-order valence-electron chi connectivity index (χ3n) is 11.7. The van der Waals surface area contributed by atoms with Crippen molar-refractivity contribution in [2.24, 2.45) is 22.7 Å². The van der Waals surface area contributed by atoms with E-state index in [0.717, 1.165) is 63.1 Å². The van der Waals surface area contributed by atoms with Gasteiger partial charge < -0.3 is 30.2 Å². The summed E-state index contributed by atoms with van der Waals surface area (Å²) in [6, 6.07) is 27.6. The van der Waals surface area contributed by atoms with Crippen LogP contribution in [0.3, 0.4) is 0 Å². The molecule has 3 N–H and O–H groups in total. The van der Waals surface area contributed by atoms with Crippen molar-refractivity contribution >= 4 is 46.8 Å². The monoisotopic (exact) mass is 796 g/mol. The number of ether oxygens (including phenoxy) is 1. The van der Waals surface area contributed by atoms with Gasteiger partial charge in [0.15, 0.2) is 0 Å². The summed E-state index contributed by atoms with van der Waals surface area (Å²) < 4.78 is 4.81. The highest BCUT2D eigenvalue weighted by Gasteiger charge is 2.40. The van der Waals surface area contributed by atoms with Crippen LogP contribution >= 0.6 is 0 Å². The van der Waals surface area contributed by atoms with Crippen LogP contribution in [0.15, 0.2) is 96.1 Å². The van der Waals surface area contributed by atoms with Crippen molar-refractivity contribution in [3.05, 3.63) is 103 Å². The standard InChI is InChI=1S/C47H56N8O4/c1-28(2)42(52-47(58)59-8)45(56)55-27-30(4)21-41(55)50-38-24-35(18-19-37(38)48-5)33-14-15-34-23-36(17-16-32(34)22-33)39-25-49-44(51-39)40-20-29(3)26-54(40)46(57)43(53(6)7)31-12-10-9-11-13-31/h9-19,22-25,28-30,40-43,50H,5,20-21,26-27H2,1-4,6-8H3,(H,49,51)(H,52,58)/t29-,30-,40-,41?,42-,43+/m0/s1. The molecule has 0 radical (unpaired) electrons. The van der Waals surface area contributed by atoms with Crippen LogP contribution in [0.2, 0.25) is 0 Å². The predicted octanol–water partition coefficient (Wildman–Crippen LogP) is 8.43. The number of methoxy groups -OCH3 is 1. The van der Waals surface area contributed by atoms with Gasteiger partial charge in [-0.1, -0.05) is 88.4 Å². The topological polar surface area (TPSA) is 135 Å². The van der Waals surface area contributed by atoms with Crippen LogP contribution in [0.5, 0.6) is 0 Å². The molecule has 6 atom stereocenters. The van der Waals surface area contributed by atoms with Crippen molar-refractivity contribution < 1.29 is 19.1 Å². The number of hydrogen-bond donors (Lipinski definition) is 3. The number of benzene rings is 4. The van der Waals surface area contributed by atoms with Crippen molar-refractivity contribution in [1.82, 2.24) is 30.0 Å². The molecule has 0 saturated carbocycles. The Labute approximate surface area is 347 Å². The Morgan fingerprint density at radius 3 is 2.19 bits per heavy atom. The molecule has 1 unspecified atom stereocenters. The molecule has 1 aromatic heterocycles. The summed E-state index contributed by atoms with van der Waals surface area (Å²) in [5.41, 5.74) is 6.39. The molecule has 12 heteroatoms. The number of amides is 3. The number of aromatic amines is 1. The number of carbonyl (C=O) groups is 3. The van der Waals surface area contributed by atoms with Crippen molar-refractivity contribution in [2.75, 3.05) is 39.6 Å². The summed E-state index contributed by atoms with van der Waals surface area (Å²) >= 11 is 0. The number of rotatable bonds is 12. The number of nitrogens with one attached hydrogen (secondary N) is 3. The molecular formula is C47H56N8O4. The number of aromatic nitrogens is 2. The molecule has 3 amide bonds. The minimum Gasteiger partial charge on any atom is -0.453 e. The summed E-state index contributed by atoms with van der Waals surface area (Å²) in [7, 11) is 5.20. The van der Waals surface area contributed by atoms with E-state index in [9.17, 15) is 14.4 Å². The van der Waals surface area contributed by atoms with Crippen LogP contribution < -0.4 is 10.6 Å². The molecule has 0 spiro atoms. The fraction of sp³-hybridized carbons (Fsp3) is 0.383. The Morgan fingerprint density at radius 1 is 0.864 bits per heavy atom. The second kappa shape index (κ2) is 17.5. The molecule has 0 aliphatic carbocycles. The first kappa shape index (κ1) is 41.2. The maximum atomic E-state index is 14.1. The fourth-order valence-electron chi connectivity index (χ4n) is 8.70. The van der Waals surface area contributed by atoms with Crippen molar-refractivity contribution in [3.63, 3.8) is 0 Å². The molecule has 2 saturated heterocycles. The van der Waals surface area contributed by atoms with Gasteiger partial charge >= 0.3 is 6.09 Å². The second-order valence-electron chi connectivity index (χ2n) is 16.8. The van der Waals surface area contributed by atoms with Crippen molar-refractivity contribution in [3.8, 4) is 22.4 Å². The van der Waals surface area contributed by atoms with E-state index in [1.54, 1.807) is 0 Å². The number of H-pyrrole nitrogens is 1. The summed E-state index contributed by atoms with van der Waals surface area (Å²) in [4.78, 5) is 58.6. The van der Waals surface area contributed by atoms with Gasteiger partial charge in [-0.05, 0) is 103 Å². The third kappa shape index (κ3) is 8.73. The summed E-state index contributed by atoms with van der Waals surface area (Å²) in [5.74, 6) is 1.22. The first-order valence-electron chi connectivity index (χ1n) is 20.5. The van der Waals surface area contributed by atoms with Gasteiger partial charge in [-0.25, -0.2) is 9.78 Å². The lowest BCUT2D eigenvalue weighted by Gasteiger charge is -2.32. The van der Waals surface area contributed by atoms with Crippen LogP contribution in [0.1, 0.15) is 64.0 Å². The normalized spacial score (nSPS) is 20.2. The van der Waals surface area contributed by atoms with Gasteiger partial charge in [0.25, 0.3) is 0 Å². The fourth-order valence-corrected chi connectivity index (χ4v) is 8.70. The number of hydrogen-bond acceptors (Lipinski definition) is 8. The molecule has 12 nitrogen and oxygen atoms in total. The number of anilines is 1. The smallest absolute Gasteiger partial charge is 0.407 e. The number of alkyl carbamates (subject to hydrolysis) is 1. The van der Waals surface area contributed by atoms with E-state index in [-0.39, 0.29) is 41.9 Å². The van der Waals surface area contributed by atoms with Crippen molar-refractivity contribution in [2.45, 2.75) is 64.8 Å². The molecule has 5 aromatic rings. The van der Waals surface area contributed by atoms with Crippen LogP contribution in [-0.4, -0.2) is 95.8 Å². The van der Waals surface area contributed by atoms with Crippen molar-refractivity contribution in [1.29, 1.82) is 0 Å². The molecule has 2 aliphatic rings. The minimum atomic E-state index is -0.715. The van der Waals surface area contributed by atoms with Gasteiger partial charge in [-0.2, -0.15) is 0 Å². The van der Waals surface area contributed by atoms with Gasteiger partial charge in [0.05, 0.1) is 36.4 Å². The van der Waals surface area contributed by atoms with Gasteiger partial charge in [0.1, 0.15) is 24.1 Å². The minimum absolute atomic E-state index is 0.0864. The summed E-state index contributed by atoms with van der Waals surface area (Å²) in [6.45, 7) is 13.2. The van der Waals surface area contributed by atoms with Crippen LogP contribution in [0.4, 0.5) is 16.2 Å². The predicted molar refractivity (Wildman–Crippen MR) is 234 cm³/mol. The quantitative estimate of drug-likeness (QED) is 0.108. The van der Waals surface area contributed by atoms with E-state index >= 15 is 0 Å². The van der Waals surface area contributed by atoms with E-state index in [1.807, 2.05) is 91.3 Å². The van der Waals surface area contributed by atoms with E-state index in [1.165, 1.54) is 7.11 Å². The Bertz CT molecular complexity index is 2320. The van der Waals surface area contributed by atoms with E-state index in [4.69, 9.17) is 9.72 Å². The van der Waals surface area contributed by atoms with Crippen LogP contribution in [0, 0.1) is 17.8 Å². The highest BCUT2D eigenvalue weighted by molar-refractivity contribution is 5.92. The van der Waals surface area contributed by atoms with Crippen LogP contribution in [0.25, 0.3) is 33.2 Å². The zero-order chi connectivity index (χ0) is 42.0. The summed E-state index contributed by atoms with van der Waals surface area (Å²) in [6.07, 6.45) is 2.54. The molecule has 59 heavy (non-hydrogen) atoms. The molecule has 3 heterocycles. The Balaban J connectivity index is 1.10. The van der Waals surface area contributed by atoms with Gasteiger partial charge in [0, 0.05) is 18.7 Å². The second-order valence-corrected chi connectivity index (χ2v) is 16.8. The van der Waals surface area contributed by atoms with E-state index in [0.29, 0.717) is 24.7 Å². The SMILES string of the molecule is C=Nc1ccc(-c2ccc3cc(-c4cnc([C@@H]5C[C@H](C)CN5C(=O)[C@@H](c5ccccc5)N(C)C)[nH]4)ccc3c2)cc1NC1C[C@H](C)CN1C(=O)[C@@H](NC(=O)OC)C(C)C. The highest BCUT2D eigenvalue weighted by atomic mass is 16.5. The Hall–Kier alpha value is -6.01. The maximum absolute atomic E-state index is 14.1. The van der Waals surface area contributed by atoms with E-state index < -0.39 is 12.1 Å². The Kier molecular flexibility index (Phi) is 12.2. The van der Waals surface area contributed by atoms with E-state index in [2.05, 4.69) is 83.6 Å². The largest absolute Gasteiger partial charge is 0.453 e. The first-order chi connectivity index (χ1) is 28.3. The van der Waals surface area contributed by atoms with Gasteiger partial charge in [-0.15, -0.1) is 0 Å². The zero-order valence-corrected chi connectivity index (χ0v) is 35.1. The maximum Gasteiger partial charge on any atom is 0.407 e. The lowest BCUT2D eigenvalue weighted by atomic mass is 9.98. The number of carbonyl (C=O) groups excluding carboxylic acids is 3. The number of likely N-dealkylation sites (tertiary alicyclic amines) is 2.